The van der Waals surface area contributed by atoms with Crippen LogP contribution in [-0.2, 0) is 11.2 Å². The molecule has 0 saturated heterocycles. The van der Waals surface area contributed by atoms with Gasteiger partial charge in [-0.15, -0.1) is 0 Å². The van der Waals surface area contributed by atoms with Crippen molar-refractivity contribution in [1.82, 2.24) is 14.8 Å². The first kappa shape index (κ1) is 11.7. The van der Waals surface area contributed by atoms with Crippen LogP contribution in [0.2, 0.25) is 0 Å². The summed E-state index contributed by atoms with van der Waals surface area (Å²) in [5.74, 6) is -0.101. The SMILES string of the molecule is CC(C(=O)Nc1ccc2c(c1)CCN2)n1cncn1. The van der Waals surface area contributed by atoms with Gasteiger partial charge in [0.2, 0.25) is 5.91 Å². The number of nitrogens with one attached hydrogen (secondary N) is 2. The van der Waals surface area contributed by atoms with E-state index in [1.165, 1.54) is 22.9 Å². The molecule has 6 nitrogen and oxygen atoms in total. The number of hydrogen-bond donors (Lipinski definition) is 2. The molecule has 0 spiro atoms. The molecule has 1 unspecified atom stereocenters. The van der Waals surface area contributed by atoms with Gasteiger partial charge in [-0.05, 0) is 37.1 Å². The highest BCUT2D eigenvalue weighted by atomic mass is 16.2. The largest absolute Gasteiger partial charge is 0.384 e. The Morgan fingerprint density at radius 2 is 2.42 bits per heavy atom. The van der Waals surface area contributed by atoms with E-state index in [0.717, 1.165) is 24.3 Å². The Morgan fingerprint density at radius 1 is 1.53 bits per heavy atom. The van der Waals surface area contributed by atoms with Gasteiger partial charge in [-0.2, -0.15) is 5.10 Å². The number of benzene rings is 1. The molecule has 0 bridgehead atoms. The molecule has 3 rings (SSSR count). The van der Waals surface area contributed by atoms with Crippen LogP contribution in [0.3, 0.4) is 0 Å². The van der Waals surface area contributed by atoms with Gasteiger partial charge in [0.25, 0.3) is 0 Å². The Morgan fingerprint density at radius 3 is 3.21 bits per heavy atom. The molecular weight excluding hydrogens is 242 g/mol. The fraction of sp³-hybridized carbons (Fsp3) is 0.308. The highest BCUT2D eigenvalue weighted by Crippen LogP contribution is 2.25. The van der Waals surface area contributed by atoms with Crippen molar-refractivity contribution in [3.63, 3.8) is 0 Å². The van der Waals surface area contributed by atoms with Crippen molar-refractivity contribution in [2.24, 2.45) is 0 Å². The average molecular weight is 257 g/mol. The van der Waals surface area contributed by atoms with Crippen LogP contribution >= 0.6 is 0 Å². The molecule has 98 valence electrons. The van der Waals surface area contributed by atoms with Crippen LogP contribution in [0.15, 0.2) is 30.9 Å². The summed E-state index contributed by atoms with van der Waals surface area (Å²) in [7, 11) is 0. The van der Waals surface area contributed by atoms with Gasteiger partial charge < -0.3 is 10.6 Å². The molecule has 1 atom stereocenters. The fourth-order valence-corrected chi connectivity index (χ4v) is 2.17. The number of anilines is 2. The first-order valence-corrected chi connectivity index (χ1v) is 6.26. The van der Waals surface area contributed by atoms with E-state index in [9.17, 15) is 4.79 Å². The Balaban J connectivity index is 1.73. The van der Waals surface area contributed by atoms with E-state index in [0.29, 0.717) is 0 Å². The zero-order chi connectivity index (χ0) is 13.2. The first-order chi connectivity index (χ1) is 9.24. The van der Waals surface area contributed by atoms with E-state index in [1.807, 2.05) is 18.2 Å². The predicted octanol–water partition coefficient (Wildman–Crippen LogP) is 1.45. The van der Waals surface area contributed by atoms with E-state index >= 15 is 0 Å². The second-order valence-electron chi connectivity index (χ2n) is 4.59. The van der Waals surface area contributed by atoms with E-state index in [2.05, 4.69) is 20.7 Å². The number of amides is 1. The lowest BCUT2D eigenvalue weighted by Gasteiger charge is -2.12. The predicted molar refractivity (Wildman–Crippen MR) is 72.0 cm³/mol. The molecule has 2 aromatic rings. The number of hydrogen-bond acceptors (Lipinski definition) is 4. The van der Waals surface area contributed by atoms with Gasteiger partial charge >= 0.3 is 0 Å². The maximum Gasteiger partial charge on any atom is 0.249 e. The molecule has 0 radical (unpaired) electrons. The second kappa shape index (κ2) is 4.72. The minimum absolute atomic E-state index is 0.101. The number of nitrogens with zero attached hydrogens (tertiary/aromatic N) is 3. The van der Waals surface area contributed by atoms with Crippen molar-refractivity contribution in [2.45, 2.75) is 19.4 Å². The molecule has 0 saturated carbocycles. The minimum atomic E-state index is -0.381. The van der Waals surface area contributed by atoms with Crippen molar-refractivity contribution < 1.29 is 4.79 Å². The molecular formula is C13H15N5O. The topological polar surface area (TPSA) is 71.8 Å². The molecule has 0 aliphatic carbocycles. The molecule has 6 heteroatoms. The van der Waals surface area contributed by atoms with Gasteiger partial charge in [0.05, 0.1) is 0 Å². The number of carbonyl (C=O) groups is 1. The lowest BCUT2D eigenvalue weighted by Crippen LogP contribution is -2.24. The maximum atomic E-state index is 12.1. The average Bonchev–Trinajstić information content (AvgIpc) is 3.08. The molecule has 1 aromatic heterocycles. The van der Waals surface area contributed by atoms with Gasteiger partial charge in [0, 0.05) is 17.9 Å². The number of fused-ring (bicyclic) bond motifs is 1. The van der Waals surface area contributed by atoms with Gasteiger partial charge in [-0.1, -0.05) is 0 Å². The number of rotatable bonds is 3. The van der Waals surface area contributed by atoms with E-state index in [-0.39, 0.29) is 11.9 Å². The molecule has 1 aliphatic heterocycles. The molecule has 1 aliphatic rings. The standard InChI is InChI=1S/C13H15N5O/c1-9(18-8-14-7-16-18)13(19)17-11-2-3-12-10(6-11)4-5-15-12/h2-3,6-9,15H,4-5H2,1H3,(H,17,19). The third kappa shape index (κ3) is 2.29. The van der Waals surface area contributed by atoms with Crippen LogP contribution in [0.1, 0.15) is 18.5 Å². The summed E-state index contributed by atoms with van der Waals surface area (Å²) in [4.78, 5) is 15.9. The van der Waals surface area contributed by atoms with Crippen molar-refractivity contribution in [1.29, 1.82) is 0 Å². The van der Waals surface area contributed by atoms with Crippen LogP contribution in [0, 0.1) is 0 Å². The highest BCUT2D eigenvalue weighted by molar-refractivity contribution is 5.93. The van der Waals surface area contributed by atoms with Crippen LogP contribution in [0.5, 0.6) is 0 Å². The zero-order valence-corrected chi connectivity index (χ0v) is 10.6. The third-order valence-corrected chi connectivity index (χ3v) is 3.30. The van der Waals surface area contributed by atoms with Crippen molar-refractivity contribution >= 4 is 17.3 Å². The molecule has 0 fully saturated rings. The van der Waals surface area contributed by atoms with Crippen LogP contribution in [0.25, 0.3) is 0 Å². The van der Waals surface area contributed by atoms with E-state index in [1.54, 1.807) is 6.92 Å². The van der Waals surface area contributed by atoms with Crippen molar-refractivity contribution in [2.75, 3.05) is 17.2 Å². The summed E-state index contributed by atoms with van der Waals surface area (Å²) in [5.41, 5.74) is 3.22. The van der Waals surface area contributed by atoms with Gasteiger partial charge in [0.15, 0.2) is 0 Å². The summed E-state index contributed by atoms with van der Waals surface area (Å²) in [6.07, 6.45) is 3.96. The zero-order valence-electron chi connectivity index (χ0n) is 10.6. The van der Waals surface area contributed by atoms with Crippen molar-refractivity contribution in [3.8, 4) is 0 Å². The van der Waals surface area contributed by atoms with E-state index < -0.39 is 0 Å². The molecule has 2 heterocycles. The van der Waals surface area contributed by atoms with Crippen molar-refractivity contribution in [3.05, 3.63) is 36.4 Å². The number of carbonyl (C=O) groups excluding carboxylic acids is 1. The molecule has 1 aromatic carbocycles. The summed E-state index contributed by atoms with van der Waals surface area (Å²) in [6.45, 7) is 2.75. The lowest BCUT2D eigenvalue weighted by atomic mass is 10.1. The minimum Gasteiger partial charge on any atom is -0.384 e. The normalized spacial score (nSPS) is 14.6. The molecule has 1 amide bonds. The van der Waals surface area contributed by atoms with Crippen LogP contribution in [-0.4, -0.2) is 27.2 Å². The van der Waals surface area contributed by atoms with Crippen LogP contribution < -0.4 is 10.6 Å². The van der Waals surface area contributed by atoms with Crippen LogP contribution in [0.4, 0.5) is 11.4 Å². The fourth-order valence-electron chi connectivity index (χ4n) is 2.17. The van der Waals surface area contributed by atoms with Gasteiger partial charge in [-0.25, -0.2) is 9.67 Å². The number of aromatic nitrogens is 3. The third-order valence-electron chi connectivity index (χ3n) is 3.30. The lowest BCUT2D eigenvalue weighted by molar-refractivity contribution is -0.119. The summed E-state index contributed by atoms with van der Waals surface area (Å²) < 4.78 is 1.53. The highest BCUT2D eigenvalue weighted by Gasteiger charge is 2.16. The first-order valence-electron chi connectivity index (χ1n) is 6.26. The monoisotopic (exact) mass is 257 g/mol. The molecule has 19 heavy (non-hydrogen) atoms. The summed E-state index contributed by atoms with van der Waals surface area (Å²) in [6, 6.07) is 5.54. The van der Waals surface area contributed by atoms with Gasteiger partial charge in [-0.3, -0.25) is 4.79 Å². The summed E-state index contributed by atoms with van der Waals surface area (Å²) >= 11 is 0. The Kier molecular flexibility index (Phi) is 2.91. The smallest absolute Gasteiger partial charge is 0.249 e. The Labute approximate surface area is 110 Å². The Bertz CT molecular complexity index is 593. The van der Waals surface area contributed by atoms with Gasteiger partial charge in [0.1, 0.15) is 18.7 Å². The molecule has 2 N–H and O–H groups in total. The quantitative estimate of drug-likeness (QED) is 0.873. The Hall–Kier alpha value is -2.37. The second-order valence-corrected chi connectivity index (χ2v) is 4.59. The summed E-state index contributed by atoms with van der Waals surface area (Å²) in [5, 5.41) is 10.2. The maximum absolute atomic E-state index is 12.1. The van der Waals surface area contributed by atoms with E-state index in [4.69, 9.17) is 0 Å².